The quantitative estimate of drug-likeness (QED) is 0.808. The Hall–Kier alpha value is 0.0600. The number of nitrogens with one attached hydrogen (secondary N) is 1. The lowest BCUT2D eigenvalue weighted by Gasteiger charge is -2.48. The van der Waals surface area contributed by atoms with E-state index in [9.17, 15) is 13.2 Å². The molecule has 0 radical (unpaired) electrons. The van der Waals surface area contributed by atoms with E-state index in [0.717, 1.165) is 25.9 Å². The molecule has 1 saturated heterocycles. The van der Waals surface area contributed by atoms with Gasteiger partial charge in [0.15, 0.2) is 0 Å². The normalized spacial score (nSPS) is 27.8. The molecule has 1 heterocycles. The molecular formula is C14H25F3N2S. The summed E-state index contributed by atoms with van der Waals surface area (Å²) < 4.78 is 36.9. The van der Waals surface area contributed by atoms with Crippen molar-refractivity contribution in [2.45, 2.75) is 56.6 Å². The van der Waals surface area contributed by atoms with Crippen LogP contribution in [0.2, 0.25) is 0 Å². The third-order valence-corrected chi connectivity index (χ3v) is 5.54. The number of hydrogen-bond acceptors (Lipinski definition) is 3. The summed E-state index contributed by atoms with van der Waals surface area (Å²) in [4.78, 5) is 2.32. The third kappa shape index (κ3) is 4.28. The smallest absolute Gasteiger partial charge is 0.308 e. The Balaban J connectivity index is 1.92. The highest BCUT2D eigenvalue weighted by Crippen LogP contribution is 2.38. The summed E-state index contributed by atoms with van der Waals surface area (Å²) in [6.07, 6.45) is 4.54. The molecule has 0 aromatic carbocycles. The standard InChI is InChI=1S/C14H25F3N2S/c1-3-13(4-2)10-19(7-8-20-14(15,16)17)12(9-18-13)11-5-6-11/h11-12,18H,3-10H2,1-2H3. The molecule has 0 aromatic rings. The molecule has 0 amide bonds. The average molecular weight is 310 g/mol. The second kappa shape index (κ2) is 6.44. The van der Waals surface area contributed by atoms with E-state index >= 15 is 0 Å². The van der Waals surface area contributed by atoms with Gasteiger partial charge in [-0.25, -0.2) is 0 Å². The van der Waals surface area contributed by atoms with Crippen molar-refractivity contribution < 1.29 is 13.2 Å². The molecule has 2 fully saturated rings. The van der Waals surface area contributed by atoms with Crippen LogP contribution < -0.4 is 5.32 Å². The topological polar surface area (TPSA) is 15.3 Å². The van der Waals surface area contributed by atoms with Crippen LogP contribution in [0.1, 0.15) is 39.5 Å². The molecule has 0 aromatic heterocycles. The number of hydrogen-bond donors (Lipinski definition) is 1. The minimum absolute atomic E-state index is 0.0916. The highest BCUT2D eigenvalue weighted by Gasteiger charge is 2.43. The Bertz CT molecular complexity index is 314. The van der Waals surface area contributed by atoms with Gasteiger partial charge in [-0.05, 0) is 43.4 Å². The van der Waals surface area contributed by atoms with Crippen LogP contribution >= 0.6 is 11.8 Å². The molecule has 6 heteroatoms. The summed E-state index contributed by atoms with van der Waals surface area (Å²) in [7, 11) is 0. The van der Waals surface area contributed by atoms with E-state index in [1.54, 1.807) is 0 Å². The fourth-order valence-electron chi connectivity index (χ4n) is 3.21. The maximum absolute atomic E-state index is 12.3. The molecule has 2 aliphatic rings. The number of piperazine rings is 1. The molecule has 1 atom stereocenters. The van der Waals surface area contributed by atoms with Gasteiger partial charge in [-0.15, -0.1) is 0 Å². The summed E-state index contributed by atoms with van der Waals surface area (Å²) >= 11 is 0.115. The summed E-state index contributed by atoms with van der Waals surface area (Å²) in [6.45, 7) is 6.70. The lowest BCUT2D eigenvalue weighted by atomic mass is 9.87. The maximum atomic E-state index is 12.3. The van der Waals surface area contributed by atoms with Crippen molar-refractivity contribution in [1.29, 1.82) is 0 Å². The summed E-state index contributed by atoms with van der Waals surface area (Å²) in [5.74, 6) is 0.848. The van der Waals surface area contributed by atoms with E-state index < -0.39 is 5.51 Å². The first-order valence-corrected chi connectivity index (χ1v) is 8.57. The largest absolute Gasteiger partial charge is 0.441 e. The zero-order valence-electron chi connectivity index (χ0n) is 12.3. The Kier molecular flexibility index (Phi) is 5.29. The monoisotopic (exact) mass is 310 g/mol. The van der Waals surface area contributed by atoms with Crippen molar-refractivity contribution in [1.82, 2.24) is 10.2 Å². The molecule has 1 aliphatic heterocycles. The first kappa shape index (κ1) is 16.4. The zero-order chi connectivity index (χ0) is 14.8. The average Bonchev–Trinajstić information content (AvgIpc) is 3.21. The SMILES string of the molecule is CCC1(CC)CN(CCSC(F)(F)F)C(C2CC2)CN1. The predicted molar refractivity (Wildman–Crippen MR) is 77.9 cm³/mol. The van der Waals surface area contributed by atoms with Gasteiger partial charge in [-0.3, -0.25) is 4.90 Å². The van der Waals surface area contributed by atoms with Crippen LogP contribution in [0.15, 0.2) is 0 Å². The zero-order valence-corrected chi connectivity index (χ0v) is 13.1. The molecule has 1 N–H and O–H groups in total. The van der Waals surface area contributed by atoms with Crippen molar-refractivity contribution in [3.8, 4) is 0 Å². The van der Waals surface area contributed by atoms with Crippen molar-refractivity contribution >= 4 is 11.8 Å². The molecule has 2 rings (SSSR count). The van der Waals surface area contributed by atoms with Gasteiger partial charge < -0.3 is 5.32 Å². The van der Waals surface area contributed by atoms with E-state index in [4.69, 9.17) is 0 Å². The second-order valence-corrected chi connectivity index (χ2v) is 7.20. The van der Waals surface area contributed by atoms with Gasteiger partial charge in [-0.1, -0.05) is 13.8 Å². The van der Waals surface area contributed by atoms with Gasteiger partial charge in [0.2, 0.25) is 0 Å². The molecule has 1 saturated carbocycles. The van der Waals surface area contributed by atoms with Crippen molar-refractivity contribution in [3.05, 3.63) is 0 Å². The van der Waals surface area contributed by atoms with Crippen LogP contribution in [0.25, 0.3) is 0 Å². The van der Waals surface area contributed by atoms with Gasteiger partial charge in [0.1, 0.15) is 0 Å². The molecule has 1 unspecified atom stereocenters. The van der Waals surface area contributed by atoms with Crippen LogP contribution in [0.4, 0.5) is 13.2 Å². The minimum Gasteiger partial charge on any atom is -0.308 e. The number of nitrogens with zero attached hydrogens (tertiary/aromatic N) is 1. The first-order chi connectivity index (χ1) is 9.39. The van der Waals surface area contributed by atoms with Gasteiger partial charge >= 0.3 is 5.51 Å². The van der Waals surface area contributed by atoms with Crippen LogP contribution in [-0.4, -0.2) is 47.4 Å². The predicted octanol–water partition coefficient (Wildman–Crippen LogP) is 3.48. The van der Waals surface area contributed by atoms with E-state index in [-0.39, 0.29) is 23.1 Å². The number of thioether (sulfide) groups is 1. The first-order valence-electron chi connectivity index (χ1n) is 7.59. The Morgan fingerprint density at radius 2 is 1.90 bits per heavy atom. The molecular weight excluding hydrogens is 285 g/mol. The van der Waals surface area contributed by atoms with Crippen LogP contribution in [-0.2, 0) is 0 Å². The van der Waals surface area contributed by atoms with Crippen LogP contribution in [0.3, 0.4) is 0 Å². The van der Waals surface area contributed by atoms with E-state index in [1.165, 1.54) is 12.8 Å². The van der Waals surface area contributed by atoms with Gasteiger partial charge in [0.25, 0.3) is 0 Å². The fourth-order valence-corrected chi connectivity index (χ4v) is 3.76. The van der Waals surface area contributed by atoms with E-state index in [0.29, 0.717) is 18.5 Å². The lowest BCUT2D eigenvalue weighted by Crippen LogP contribution is -2.64. The van der Waals surface area contributed by atoms with E-state index in [2.05, 4.69) is 24.1 Å². The Morgan fingerprint density at radius 3 is 2.40 bits per heavy atom. The van der Waals surface area contributed by atoms with Gasteiger partial charge in [0.05, 0.1) is 0 Å². The number of rotatable bonds is 6. The fraction of sp³-hybridized carbons (Fsp3) is 1.00. The molecule has 0 spiro atoms. The van der Waals surface area contributed by atoms with Crippen molar-refractivity contribution in [2.24, 2.45) is 5.92 Å². The van der Waals surface area contributed by atoms with E-state index in [1.807, 2.05) is 0 Å². The van der Waals surface area contributed by atoms with Crippen molar-refractivity contribution in [2.75, 3.05) is 25.4 Å². The van der Waals surface area contributed by atoms with Gasteiger partial charge in [-0.2, -0.15) is 13.2 Å². The molecule has 1 aliphatic carbocycles. The molecule has 0 bridgehead atoms. The highest BCUT2D eigenvalue weighted by molar-refractivity contribution is 8.00. The highest BCUT2D eigenvalue weighted by atomic mass is 32.2. The number of halogens is 3. The maximum Gasteiger partial charge on any atom is 0.441 e. The molecule has 118 valence electrons. The summed E-state index contributed by atoms with van der Waals surface area (Å²) in [5, 5.41) is 3.67. The van der Waals surface area contributed by atoms with Gasteiger partial charge in [0, 0.05) is 37.0 Å². The second-order valence-electron chi connectivity index (χ2n) is 6.04. The minimum atomic E-state index is -4.10. The summed E-state index contributed by atoms with van der Waals surface area (Å²) in [6, 6.07) is 0.440. The number of alkyl halides is 3. The van der Waals surface area contributed by atoms with Crippen LogP contribution in [0.5, 0.6) is 0 Å². The Morgan fingerprint density at radius 1 is 1.25 bits per heavy atom. The molecule has 2 nitrogen and oxygen atoms in total. The molecule has 20 heavy (non-hydrogen) atoms. The summed E-state index contributed by atoms with van der Waals surface area (Å²) in [5.41, 5.74) is -4.01. The lowest BCUT2D eigenvalue weighted by molar-refractivity contribution is -0.0330. The third-order valence-electron chi connectivity index (χ3n) is 4.82. The van der Waals surface area contributed by atoms with Crippen molar-refractivity contribution in [3.63, 3.8) is 0 Å². The Labute approximate surface area is 123 Å². The van der Waals surface area contributed by atoms with Crippen LogP contribution in [0, 0.1) is 5.92 Å².